The van der Waals surface area contributed by atoms with E-state index in [0.717, 1.165) is 38.4 Å². The van der Waals surface area contributed by atoms with Crippen molar-refractivity contribution in [2.75, 3.05) is 32.7 Å². The lowest BCUT2D eigenvalue weighted by Gasteiger charge is -2.34. The summed E-state index contributed by atoms with van der Waals surface area (Å²) >= 11 is 0. The fraction of sp³-hybridized carbons (Fsp3) is 0.538. The summed E-state index contributed by atoms with van der Waals surface area (Å²) in [6, 6.07) is 5.96. The molecule has 5 heteroatoms. The number of pyridine rings is 1. The van der Waals surface area contributed by atoms with Gasteiger partial charge in [0.15, 0.2) is 0 Å². The molecule has 98 valence electrons. The molecule has 0 unspecified atom stereocenters. The molecular formula is C13H20N4O. The average Bonchev–Trinajstić information content (AvgIpc) is 2.41. The van der Waals surface area contributed by atoms with Crippen LogP contribution in [-0.4, -0.2) is 53.4 Å². The number of carbonyl (C=O) groups is 1. The second-order valence-corrected chi connectivity index (χ2v) is 4.52. The Kier molecular flexibility index (Phi) is 4.66. The van der Waals surface area contributed by atoms with Gasteiger partial charge in [0.25, 0.3) is 0 Å². The molecule has 2 rings (SSSR count). The molecule has 2 heterocycles. The van der Waals surface area contributed by atoms with Crippen molar-refractivity contribution in [1.82, 2.24) is 14.8 Å². The van der Waals surface area contributed by atoms with E-state index in [9.17, 15) is 4.79 Å². The lowest BCUT2D eigenvalue weighted by molar-refractivity contribution is -0.132. The largest absolute Gasteiger partial charge is 0.340 e. The maximum absolute atomic E-state index is 11.7. The van der Waals surface area contributed by atoms with Crippen molar-refractivity contribution < 1.29 is 4.79 Å². The van der Waals surface area contributed by atoms with Crippen LogP contribution < -0.4 is 5.73 Å². The summed E-state index contributed by atoms with van der Waals surface area (Å²) in [7, 11) is 0. The van der Waals surface area contributed by atoms with E-state index in [1.165, 1.54) is 0 Å². The normalized spacial score (nSPS) is 16.8. The fourth-order valence-corrected chi connectivity index (χ4v) is 2.16. The maximum Gasteiger partial charge on any atom is 0.223 e. The Morgan fingerprint density at radius 3 is 2.67 bits per heavy atom. The predicted octanol–water partition coefficient (Wildman–Crippen LogP) is 0.0746. The van der Waals surface area contributed by atoms with Crippen molar-refractivity contribution in [1.29, 1.82) is 0 Å². The molecule has 0 saturated carbocycles. The Bertz CT molecular complexity index is 374. The van der Waals surface area contributed by atoms with Gasteiger partial charge in [-0.15, -0.1) is 0 Å². The highest BCUT2D eigenvalue weighted by Gasteiger charge is 2.20. The minimum atomic E-state index is 0.176. The van der Waals surface area contributed by atoms with Gasteiger partial charge in [-0.2, -0.15) is 0 Å². The molecule has 2 N–H and O–H groups in total. The van der Waals surface area contributed by atoms with Gasteiger partial charge in [0.1, 0.15) is 0 Å². The molecular weight excluding hydrogens is 228 g/mol. The topological polar surface area (TPSA) is 62.5 Å². The van der Waals surface area contributed by atoms with Gasteiger partial charge in [0.05, 0.1) is 5.69 Å². The standard InChI is InChI=1S/C13H20N4O/c14-5-4-13(18)17-9-7-16(8-10-17)11-12-3-1-2-6-15-12/h1-3,6H,4-5,7-11,14H2. The third-order valence-electron chi connectivity index (χ3n) is 3.19. The molecule has 0 aromatic carbocycles. The van der Waals surface area contributed by atoms with Crippen LogP contribution in [0.5, 0.6) is 0 Å². The molecule has 1 aliphatic heterocycles. The van der Waals surface area contributed by atoms with Crippen LogP contribution >= 0.6 is 0 Å². The first-order valence-electron chi connectivity index (χ1n) is 6.39. The molecule has 1 aliphatic rings. The zero-order valence-corrected chi connectivity index (χ0v) is 10.6. The summed E-state index contributed by atoms with van der Waals surface area (Å²) in [5.41, 5.74) is 6.48. The van der Waals surface area contributed by atoms with Gasteiger partial charge in [0.2, 0.25) is 5.91 Å². The number of aromatic nitrogens is 1. The summed E-state index contributed by atoms with van der Waals surface area (Å²) in [6.07, 6.45) is 2.27. The molecule has 1 fully saturated rings. The number of rotatable bonds is 4. The van der Waals surface area contributed by atoms with Crippen molar-refractivity contribution in [3.63, 3.8) is 0 Å². The fourth-order valence-electron chi connectivity index (χ4n) is 2.16. The van der Waals surface area contributed by atoms with Crippen LogP contribution in [0.25, 0.3) is 0 Å². The first-order valence-corrected chi connectivity index (χ1v) is 6.39. The number of piperazine rings is 1. The predicted molar refractivity (Wildman–Crippen MR) is 69.8 cm³/mol. The number of hydrogen-bond acceptors (Lipinski definition) is 4. The monoisotopic (exact) mass is 248 g/mol. The van der Waals surface area contributed by atoms with Crippen LogP contribution in [0.2, 0.25) is 0 Å². The lowest BCUT2D eigenvalue weighted by atomic mass is 10.2. The number of nitrogens with two attached hydrogens (primary N) is 1. The molecule has 0 aliphatic carbocycles. The van der Waals surface area contributed by atoms with Gasteiger partial charge < -0.3 is 10.6 Å². The molecule has 1 amide bonds. The van der Waals surface area contributed by atoms with Crippen molar-refractivity contribution >= 4 is 5.91 Å². The average molecular weight is 248 g/mol. The summed E-state index contributed by atoms with van der Waals surface area (Å²) in [5.74, 6) is 0.176. The van der Waals surface area contributed by atoms with Crippen molar-refractivity contribution in [2.24, 2.45) is 5.73 Å². The highest BCUT2D eigenvalue weighted by Crippen LogP contribution is 2.07. The van der Waals surface area contributed by atoms with E-state index in [1.54, 1.807) is 0 Å². The molecule has 0 bridgehead atoms. The first-order chi connectivity index (χ1) is 8.79. The molecule has 0 radical (unpaired) electrons. The Labute approximate surface area is 108 Å². The zero-order valence-electron chi connectivity index (χ0n) is 10.6. The molecule has 1 aromatic heterocycles. The summed E-state index contributed by atoms with van der Waals surface area (Å²) in [4.78, 5) is 20.2. The van der Waals surface area contributed by atoms with E-state index in [4.69, 9.17) is 5.73 Å². The highest BCUT2D eigenvalue weighted by atomic mass is 16.2. The first kappa shape index (κ1) is 13.0. The minimum absolute atomic E-state index is 0.176. The smallest absolute Gasteiger partial charge is 0.223 e. The van der Waals surface area contributed by atoms with E-state index in [0.29, 0.717) is 13.0 Å². The quantitative estimate of drug-likeness (QED) is 0.819. The van der Waals surface area contributed by atoms with Crippen LogP contribution in [0.15, 0.2) is 24.4 Å². The number of hydrogen-bond donors (Lipinski definition) is 1. The summed E-state index contributed by atoms with van der Waals surface area (Å²) in [6.45, 7) is 4.71. The number of amides is 1. The van der Waals surface area contributed by atoms with E-state index in [1.807, 2.05) is 29.3 Å². The summed E-state index contributed by atoms with van der Waals surface area (Å²) in [5, 5.41) is 0. The second kappa shape index (κ2) is 6.47. The minimum Gasteiger partial charge on any atom is -0.340 e. The lowest BCUT2D eigenvalue weighted by Crippen LogP contribution is -2.48. The Morgan fingerprint density at radius 1 is 1.28 bits per heavy atom. The highest BCUT2D eigenvalue weighted by molar-refractivity contribution is 5.76. The Balaban J connectivity index is 1.78. The van der Waals surface area contributed by atoms with Gasteiger partial charge in [0, 0.05) is 51.9 Å². The van der Waals surface area contributed by atoms with Gasteiger partial charge in [-0.3, -0.25) is 14.7 Å². The zero-order chi connectivity index (χ0) is 12.8. The third-order valence-corrected chi connectivity index (χ3v) is 3.19. The van der Waals surface area contributed by atoms with Crippen molar-refractivity contribution in [2.45, 2.75) is 13.0 Å². The van der Waals surface area contributed by atoms with Gasteiger partial charge in [-0.05, 0) is 12.1 Å². The molecule has 1 saturated heterocycles. The van der Waals surface area contributed by atoms with E-state index in [-0.39, 0.29) is 5.91 Å². The van der Waals surface area contributed by atoms with Crippen molar-refractivity contribution in [3.8, 4) is 0 Å². The van der Waals surface area contributed by atoms with Gasteiger partial charge in [-0.1, -0.05) is 6.07 Å². The summed E-state index contributed by atoms with van der Waals surface area (Å²) < 4.78 is 0. The molecule has 5 nitrogen and oxygen atoms in total. The van der Waals surface area contributed by atoms with Crippen molar-refractivity contribution in [3.05, 3.63) is 30.1 Å². The van der Waals surface area contributed by atoms with Crippen LogP contribution in [0, 0.1) is 0 Å². The number of nitrogens with zero attached hydrogens (tertiary/aromatic N) is 3. The van der Waals surface area contributed by atoms with E-state index >= 15 is 0 Å². The second-order valence-electron chi connectivity index (χ2n) is 4.52. The Hall–Kier alpha value is -1.46. The van der Waals surface area contributed by atoms with E-state index < -0.39 is 0 Å². The van der Waals surface area contributed by atoms with Crippen LogP contribution in [-0.2, 0) is 11.3 Å². The maximum atomic E-state index is 11.7. The van der Waals surface area contributed by atoms with Crippen LogP contribution in [0.4, 0.5) is 0 Å². The van der Waals surface area contributed by atoms with Gasteiger partial charge >= 0.3 is 0 Å². The van der Waals surface area contributed by atoms with E-state index in [2.05, 4.69) is 9.88 Å². The molecule has 0 spiro atoms. The van der Waals surface area contributed by atoms with Gasteiger partial charge in [-0.25, -0.2) is 0 Å². The molecule has 0 atom stereocenters. The Morgan fingerprint density at radius 2 is 2.06 bits per heavy atom. The third kappa shape index (κ3) is 3.51. The number of carbonyl (C=O) groups excluding carboxylic acids is 1. The van der Waals surface area contributed by atoms with Crippen LogP contribution in [0.3, 0.4) is 0 Å². The van der Waals surface area contributed by atoms with Crippen LogP contribution in [0.1, 0.15) is 12.1 Å². The SMILES string of the molecule is NCCC(=O)N1CCN(Cc2ccccn2)CC1. The molecule has 18 heavy (non-hydrogen) atoms. The molecule has 1 aromatic rings.